The predicted octanol–water partition coefficient (Wildman–Crippen LogP) is 0.898. The van der Waals surface area contributed by atoms with E-state index < -0.39 is 5.91 Å². The summed E-state index contributed by atoms with van der Waals surface area (Å²) in [6.45, 7) is 8.43. The first-order chi connectivity index (χ1) is 9.02. The number of nitrogen functional groups attached to an aromatic ring is 1. The van der Waals surface area contributed by atoms with E-state index in [0.29, 0.717) is 17.3 Å². The average molecular weight is 262 g/mol. The quantitative estimate of drug-likeness (QED) is 0.794. The van der Waals surface area contributed by atoms with Gasteiger partial charge in [-0.2, -0.15) is 0 Å². The predicted molar refractivity (Wildman–Crippen MR) is 78.3 cm³/mol. The second-order valence-electron chi connectivity index (χ2n) is 5.06. The molecule has 1 amide bonds. The van der Waals surface area contributed by atoms with Crippen molar-refractivity contribution in [1.82, 2.24) is 4.90 Å². The average Bonchev–Trinajstić information content (AvgIpc) is 2.38. The van der Waals surface area contributed by atoms with Gasteiger partial charge in [-0.1, -0.05) is 6.92 Å². The molecule has 5 heteroatoms. The van der Waals surface area contributed by atoms with Crippen LogP contribution in [0.1, 0.15) is 24.2 Å². The Morgan fingerprint density at radius 1 is 1.42 bits per heavy atom. The highest BCUT2D eigenvalue weighted by Gasteiger charge is 2.23. The summed E-state index contributed by atoms with van der Waals surface area (Å²) in [6.07, 6.45) is 0. The van der Waals surface area contributed by atoms with Crippen LogP contribution in [0, 0.1) is 0 Å². The number of amides is 1. The van der Waals surface area contributed by atoms with Crippen LogP contribution in [0.15, 0.2) is 18.2 Å². The molecule has 1 saturated heterocycles. The van der Waals surface area contributed by atoms with E-state index in [1.54, 1.807) is 12.1 Å². The Bertz CT molecular complexity index is 475. The number of rotatable bonds is 3. The zero-order chi connectivity index (χ0) is 14.0. The van der Waals surface area contributed by atoms with Gasteiger partial charge in [-0.3, -0.25) is 9.69 Å². The Balaban J connectivity index is 2.19. The molecule has 2 rings (SSSR count). The van der Waals surface area contributed by atoms with Gasteiger partial charge in [-0.15, -0.1) is 0 Å². The maximum absolute atomic E-state index is 11.3. The standard InChI is InChI=1S/C14H22N4O/c1-3-17-6-7-18(9-10(17)2)11-4-5-13(15)12(8-11)14(16)19/h4-5,8,10H,3,6-7,9,15H2,1-2H3,(H2,16,19). The summed E-state index contributed by atoms with van der Waals surface area (Å²) in [5.74, 6) is -0.473. The van der Waals surface area contributed by atoms with E-state index in [2.05, 4.69) is 23.6 Å². The lowest BCUT2D eigenvalue weighted by Crippen LogP contribution is -2.51. The third kappa shape index (κ3) is 2.81. The van der Waals surface area contributed by atoms with Gasteiger partial charge < -0.3 is 16.4 Å². The van der Waals surface area contributed by atoms with Crippen molar-refractivity contribution in [3.8, 4) is 0 Å². The second-order valence-corrected chi connectivity index (χ2v) is 5.06. The number of nitrogens with zero attached hydrogens (tertiary/aromatic N) is 2. The van der Waals surface area contributed by atoms with Crippen LogP contribution in [0.4, 0.5) is 11.4 Å². The lowest BCUT2D eigenvalue weighted by atomic mass is 10.1. The van der Waals surface area contributed by atoms with Crippen molar-refractivity contribution in [2.24, 2.45) is 5.73 Å². The van der Waals surface area contributed by atoms with Crippen LogP contribution in [0.3, 0.4) is 0 Å². The molecule has 0 spiro atoms. The molecule has 0 aromatic heterocycles. The van der Waals surface area contributed by atoms with Crippen molar-refractivity contribution in [2.75, 3.05) is 36.8 Å². The van der Waals surface area contributed by atoms with Gasteiger partial charge in [0.15, 0.2) is 0 Å². The van der Waals surface area contributed by atoms with Crippen molar-refractivity contribution >= 4 is 17.3 Å². The van der Waals surface area contributed by atoms with Gasteiger partial charge in [-0.05, 0) is 31.7 Å². The van der Waals surface area contributed by atoms with E-state index >= 15 is 0 Å². The van der Waals surface area contributed by atoms with Gasteiger partial charge in [0.05, 0.1) is 5.56 Å². The van der Waals surface area contributed by atoms with Crippen LogP contribution in [-0.4, -0.2) is 43.0 Å². The Morgan fingerprint density at radius 2 is 2.16 bits per heavy atom. The van der Waals surface area contributed by atoms with E-state index in [9.17, 15) is 4.79 Å². The third-order valence-electron chi connectivity index (χ3n) is 3.84. The smallest absolute Gasteiger partial charge is 0.250 e. The third-order valence-corrected chi connectivity index (χ3v) is 3.84. The van der Waals surface area contributed by atoms with E-state index in [0.717, 1.165) is 31.9 Å². The first kappa shape index (κ1) is 13.7. The van der Waals surface area contributed by atoms with Crippen LogP contribution in [0.5, 0.6) is 0 Å². The number of hydrogen-bond donors (Lipinski definition) is 2. The zero-order valence-electron chi connectivity index (χ0n) is 11.6. The van der Waals surface area contributed by atoms with Crippen molar-refractivity contribution in [1.29, 1.82) is 0 Å². The van der Waals surface area contributed by atoms with Gasteiger partial charge >= 0.3 is 0 Å². The Morgan fingerprint density at radius 3 is 2.74 bits per heavy atom. The van der Waals surface area contributed by atoms with Gasteiger partial charge in [-0.25, -0.2) is 0 Å². The summed E-state index contributed by atoms with van der Waals surface area (Å²) in [7, 11) is 0. The molecular formula is C14H22N4O. The van der Waals surface area contributed by atoms with Crippen LogP contribution < -0.4 is 16.4 Å². The molecule has 0 saturated carbocycles. The normalized spacial score (nSPS) is 20.5. The fourth-order valence-corrected chi connectivity index (χ4v) is 2.65. The van der Waals surface area contributed by atoms with Crippen LogP contribution in [0.25, 0.3) is 0 Å². The summed E-state index contributed by atoms with van der Waals surface area (Å²) in [6, 6.07) is 6.02. The van der Waals surface area contributed by atoms with Crippen LogP contribution in [-0.2, 0) is 0 Å². The molecule has 1 aliphatic rings. The molecule has 1 unspecified atom stereocenters. The molecule has 19 heavy (non-hydrogen) atoms. The molecule has 1 atom stereocenters. The SMILES string of the molecule is CCN1CCN(c2ccc(N)c(C(N)=O)c2)CC1C. The highest BCUT2D eigenvalue weighted by Crippen LogP contribution is 2.23. The van der Waals surface area contributed by atoms with Crippen molar-refractivity contribution in [2.45, 2.75) is 19.9 Å². The lowest BCUT2D eigenvalue weighted by Gasteiger charge is -2.40. The Labute approximate surface area is 114 Å². The molecule has 0 radical (unpaired) electrons. The second kappa shape index (κ2) is 5.48. The zero-order valence-corrected chi connectivity index (χ0v) is 11.6. The highest BCUT2D eigenvalue weighted by atomic mass is 16.1. The maximum atomic E-state index is 11.3. The number of piperazine rings is 1. The van der Waals surface area contributed by atoms with Gasteiger partial charge in [0.2, 0.25) is 0 Å². The number of carbonyl (C=O) groups excluding carboxylic acids is 1. The monoisotopic (exact) mass is 262 g/mol. The largest absolute Gasteiger partial charge is 0.398 e. The fourth-order valence-electron chi connectivity index (χ4n) is 2.65. The van der Waals surface area contributed by atoms with Crippen molar-refractivity contribution < 1.29 is 4.79 Å². The summed E-state index contributed by atoms with van der Waals surface area (Å²) in [5.41, 5.74) is 13.0. The summed E-state index contributed by atoms with van der Waals surface area (Å²) < 4.78 is 0. The maximum Gasteiger partial charge on any atom is 0.250 e. The number of carbonyl (C=O) groups is 1. The Kier molecular flexibility index (Phi) is 3.95. The number of benzene rings is 1. The molecule has 1 heterocycles. The molecule has 5 nitrogen and oxygen atoms in total. The molecular weight excluding hydrogens is 240 g/mol. The lowest BCUT2D eigenvalue weighted by molar-refractivity contribution is 0.100. The molecule has 1 aliphatic heterocycles. The van der Waals surface area contributed by atoms with Crippen molar-refractivity contribution in [3.63, 3.8) is 0 Å². The molecule has 0 bridgehead atoms. The molecule has 104 valence electrons. The number of nitrogens with two attached hydrogens (primary N) is 2. The Hall–Kier alpha value is -1.75. The van der Waals surface area contributed by atoms with E-state index in [1.807, 2.05) is 6.07 Å². The van der Waals surface area contributed by atoms with Gasteiger partial charge in [0, 0.05) is 37.1 Å². The highest BCUT2D eigenvalue weighted by molar-refractivity contribution is 5.99. The van der Waals surface area contributed by atoms with Gasteiger partial charge in [0.25, 0.3) is 5.91 Å². The molecule has 1 aromatic rings. The first-order valence-corrected chi connectivity index (χ1v) is 6.71. The minimum absolute atomic E-state index is 0.406. The minimum Gasteiger partial charge on any atom is -0.398 e. The van der Waals surface area contributed by atoms with Gasteiger partial charge in [0.1, 0.15) is 0 Å². The number of primary amides is 1. The van der Waals surface area contributed by atoms with E-state index in [4.69, 9.17) is 11.5 Å². The van der Waals surface area contributed by atoms with E-state index in [-0.39, 0.29) is 0 Å². The minimum atomic E-state index is -0.473. The fraction of sp³-hybridized carbons (Fsp3) is 0.500. The van der Waals surface area contributed by atoms with Crippen LogP contribution >= 0.6 is 0 Å². The number of anilines is 2. The van der Waals surface area contributed by atoms with Crippen LogP contribution in [0.2, 0.25) is 0 Å². The molecule has 1 aromatic carbocycles. The molecule has 4 N–H and O–H groups in total. The first-order valence-electron chi connectivity index (χ1n) is 6.71. The van der Waals surface area contributed by atoms with Crippen molar-refractivity contribution in [3.05, 3.63) is 23.8 Å². The summed E-state index contributed by atoms with van der Waals surface area (Å²) in [5, 5.41) is 0. The number of hydrogen-bond acceptors (Lipinski definition) is 4. The van der Waals surface area contributed by atoms with E-state index in [1.165, 1.54) is 0 Å². The molecule has 0 aliphatic carbocycles. The summed E-state index contributed by atoms with van der Waals surface area (Å²) in [4.78, 5) is 16.1. The topological polar surface area (TPSA) is 75.6 Å². The number of likely N-dealkylation sites (N-methyl/N-ethyl adjacent to an activating group) is 1. The summed E-state index contributed by atoms with van der Waals surface area (Å²) >= 11 is 0. The molecule has 1 fully saturated rings.